The summed E-state index contributed by atoms with van der Waals surface area (Å²) in [6, 6.07) is 8.76. The number of nitrogens with one attached hydrogen (secondary N) is 1. The molecule has 0 unspecified atom stereocenters. The van der Waals surface area contributed by atoms with Gasteiger partial charge in [-0.25, -0.2) is 5.10 Å². The highest BCUT2D eigenvalue weighted by Crippen LogP contribution is 2.13. The summed E-state index contributed by atoms with van der Waals surface area (Å²) in [5.41, 5.74) is 0.493. The fourth-order valence-corrected chi connectivity index (χ4v) is 1.28. The number of hydrogen-bond acceptors (Lipinski definition) is 5. The second-order valence-corrected chi connectivity index (χ2v) is 3.47. The molecule has 0 saturated heterocycles. The topological polar surface area (TPSA) is 98.1 Å². The Morgan fingerprint density at radius 1 is 1.22 bits per heavy atom. The Morgan fingerprint density at radius 2 is 1.94 bits per heavy atom. The van der Waals surface area contributed by atoms with E-state index in [4.69, 9.17) is 4.74 Å². The van der Waals surface area contributed by atoms with Gasteiger partial charge in [-0.2, -0.15) is 0 Å². The lowest BCUT2D eigenvalue weighted by Crippen LogP contribution is -2.07. The molecule has 0 atom stereocenters. The lowest BCUT2D eigenvalue weighted by Gasteiger charge is -2.03. The molecule has 0 fully saturated rings. The maximum atomic E-state index is 10.8. The zero-order chi connectivity index (χ0) is 13.0. The van der Waals surface area contributed by atoms with Crippen LogP contribution in [0.1, 0.15) is 5.56 Å². The van der Waals surface area contributed by atoms with Gasteiger partial charge in [-0.3, -0.25) is 14.9 Å². The van der Waals surface area contributed by atoms with E-state index < -0.39 is 4.92 Å². The highest BCUT2D eigenvalue weighted by atomic mass is 16.6. The molecule has 0 aliphatic carbocycles. The number of H-pyrrole nitrogens is 1. The van der Waals surface area contributed by atoms with Crippen molar-refractivity contribution in [2.24, 2.45) is 0 Å². The van der Waals surface area contributed by atoms with Crippen molar-refractivity contribution in [1.29, 1.82) is 0 Å². The Kier molecular flexibility index (Phi) is 3.33. The van der Waals surface area contributed by atoms with Crippen molar-refractivity contribution >= 4 is 5.69 Å². The van der Waals surface area contributed by atoms with Crippen LogP contribution in [-0.2, 0) is 6.61 Å². The first-order valence-electron chi connectivity index (χ1n) is 5.07. The molecule has 0 aliphatic rings. The minimum atomic E-state index is -0.464. The van der Waals surface area contributed by atoms with Crippen LogP contribution in [0.2, 0.25) is 0 Å². The number of benzene rings is 1. The van der Waals surface area contributed by atoms with Gasteiger partial charge >= 0.3 is 0 Å². The molecular formula is C11H9N3O4. The third-order valence-electron chi connectivity index (χ3n) is 2.19. The molecule has 18 heavy (non-hydrogen) atoms. The van der Waals surface area contributed by atoms with Crippen LogP contribution in [0.3, 0.4) is 0 Å². The van der Waals surface area contributed by atoms with Crippen molar-refractivity contribution in [1.82, 2.24) is 10.2 Å². The maximum Gasteiger partial charge on any atom is 0.269 e. The Hall–Kier alpha value is -2.70. The summed E-state index contributed by atoms with van der Waals surface area (Å²) in [5.74, 6) is 0.285. The van der Waals surface area contributed by atoms with Gasteiger partial charge in [0.25, 0.3) is 11.2 Å². The number of rotatable bonds is 4. The summed E-state index contributed by atoms with van der Waals surface area (Å²) in [4.78, 5) is 20.7. The monoisotopic (exact) mass is 247 g/mol. The average molecular weight is 247 g/mol. The highest BCUT2D eigenvalue weighted by molar-refractivity contribution is 5.32. The van der Waals surface area contributed by atoms with E-state index in [2.05, 4.69) is 10.2 Å². The summed E-state index contributed by atoms with van der Waals surface area (Å²) in [6.07, 6.45) is 0. The van der Waals surface area contributed by atoms with Crippen LogP contribution in [0.5, 0.6) is 5.88 Å². The van der Waals surface area contributed by atoms with E-state index in [9.17, 15) is 14.9 Å². The number of ether oxygens (including phenoxy) is 1. The standard InChI is InChI=1S/C11H9N3O4/c15-10-5-6-11(13-12-10)18-7-8-1-3-9(4-2-8)14(16)17/h1-6H,7H2,(H,12,15). The zero-order valence-electron chi connectivity index (χ0n) is 9.20. The van der Waals surface area contributed by atoms with Gasteiger partial charge in [-0.1, -0.05) is 0 Å². The van der Waals surface area contributed by atoms with Gasteiger partial charge in [-0.15, -0.1) is 5.10 Å². The Bertz CT molecular complexity index is 586. The number of nitro groups is 1. The molecule has 0 saturated carbocycles. The van der Waals surface area contributed by atoms with Crippen molar-refractivity contribution < 1.29 is 9.66 Å². The summed E-state index contributed by atoms with van der Waals surface area (Å²) >= 11 is 0. The van der Waals surface area contributed by atoms with Gasteiger partial charge in [-0.05, 0) is 17.7 Å². The van der Waals surface area contributed by atoms with Gasteiger partial charge in [0.1, 0.15) is 6.61 Å². The predicted octanol–water partition coefficient (Wildman–Crippen LogP) is 1.26. The lowest BCUT2D eigenvalue weighted by molar-refractivity contribution is -0.384. The van der Waals surface area contributed by atoms with Gasteiger partial charge in [0, 0.05) is 24.3 Å². The molecule has 1 aromatic heterocycles. The normalized spacial score (nSPS) is 10.0. The van der Waals surface area contributed by atoms with E-state index in [1.54, 1.807) is 12.1 Å². The Labute approximate surface area is 101 Å². The average Bonchev–Trinajstić information content (AvgIpc) is 2.38. The summed E-state index contributed by atoms with van der Waals surface area (Å²) in [5, 5.41) is 16.4. The quantitative estimate of drug-likeness (QED) is 0.647. The zero-order valence-corrected chi connectivity index (χ0v) is 9.20. The van der Waals surface area contributed by atoms with Crippen LogP contribution in [0.15, 0.2) is 41.2 Å². The molecule has 1 heterocycles. The van der Waals surface area contributed by atoms with Gasteiger partial charge in [0.05, 0.1) is 4.92 Å². The Balaban J connectivity index is 2.00. The Morgan fingerprint density at radius 3 is 2.50 bits per heavy atom. The van der Waals surface area contributed by atoms with E-state index in [0.717, 1.165) is 5.56 Å². The van der Waals surface area contributed by atoms with Gasteiger partial charge < -0.3 is 4.74 Å². The molecule has 2 rings (SSSR count). The van der Waals surface area contributed by atoms with E-state index in [-0.39, 0.29) is 23.7 Å². The van der Waals surface area contributed by atoms with Crippen LogP contribution in [0, 0.1) is 10.1 Å². The molecule has 0 aliphatic heterocycles. The molecule has 1 aromatic carbocycles. The van der Waals surface area contributed by atoms with Gasteiger partial charge in [0.15, 0.2) is 0 Å². The fraction of sp³-hybridized carbons (Fsp3) is 0.0909. The molecule has 1 N–H and O–H groups in total. The molecule has 2 aromatic rings. The van der Waals surface area contributed by atoms with E-state index in [1.165, 1.54) is 24.3 Å². The van der Waals surface area contributed by atoms with Gasteiger partial charge in [0.2, 0.25) is 5.88 Å². The number of hydrogen-bond donors (Lipinski definition) is 1. The molecule has 0 bridgehead atoms. The van der Waals surface area contributed by atoms with Crippen molar-refractivity contribution in [2.75, 3.05) is 0 Å². The predicted molar refractivity (Wildman–Crippen MR) is 62.3 cm³/mol. The van der Waals surface area contributed by atoms with E-state index >= 15 is 0 Å². The summed E-state index contributed by atoms with van der Waals surface area (Å²) in [6.45, 7) is 0.219. The number of non-ortho nitro benzene ring substituents is 1. The summed E-state index contributed by atoms with van der Waals surface area (Å²) in [7, 11) is 0. The molecule has 0 spiro atoms. The second kappa shape index (κ2) is 5.09. The SMILES string of the molecule is O=c1ccc(OCc2ccc([N+](=O)[O-])cc2)n[nH]1. The van der Waals surface area contributed by atoms with E-state index in [1.807, 2.05) is 0 Å². The smallest absolute Gasteiger partial charge is 0.269 e. The second-order valence-electron chi connectivity index (χ2n) is 3.47. The minimum Gasteiger partial charge on any atom is -0.472 e. The maximum absolute atomic E-state index is 10.8. The molecular weight excluding hydrogens is 238 g/mol. The minimum absolute atomic E-state index is 0.0286. The number of nitro benzene ring substituents is 1. The van der Waals surface area contributed by atoms with Crippen molar-refractivity contribution in [3.05, 3.63) is 62.4 Å². The van der Waals surface area contributed by atoms with Crippen molar-refractivity contribution in [3.63, 3.8) is 0 Å². The first-order chi connectivity index (χ1) is 8.65. The van der Waals surface area contributed by atoms with Crippen LogP contribution in [0.4, 0.5) is 5.69 Å². The van der Waals surface area contributed by atoms with Crippen LogP contribution in [-0.4, -0.2) is 15.1 Å². The first kappa shape index (κ1) is 11.8. The molecule has 7 heteroatoms. The van der Waals surface area contributed by atoms with E-state index in [0.29, 0.717) is 0 Å². The van der Waals surface area contributed by atoms with Crippen LogP contribution < -0.4 is 10.3 Å². The fourth-order valence-electron chi connectivity index (χ4n) is 1.28. The number of aromatic amines is 1. The van der Waals surface area contributed by atoms with Crippen LogP contribution >= 0.6 is 0 Å². The largest absolute Gasteiger partial charge is 0.472 e. The molecule has 7 nitrogen and oxygen atoms in total. The van der Waals surface area contributed by atoms with Crippen molar-refractivity contribution in [2.45, 2.75) is 6.61 Å². The lowest BCUT2D eigenvalue weighted by atomic mass is 10.2. The van der Waals surface area contributed by atoms with Crippen LogP contribution in [0.25, 0.3) is 0 Å². The molecule has 92 valence electrons. The van der Waals surface area contributed by atoms with Crippen molar-refractivity contribution in [3.8, 4) is 5.88 Å². The summed E-state index contributed by atoms with van der Waals surface area (Å²) < 4.78 is 5.30. The molecule has 0 radical (unpaired) electrons. The first-order valence-corrected chi connectivity index (χ1v) is 5.07. The molecule has 0 amide bonds. The third kappa shape index (κ3) is 2.91. The number of nitrogens with zero attached hydrogens (tertiary/aromatic N) is 2. The highest BCUT2D eigenvalue weighted by Gasteiger charge is 2.04. The number of aromatic nitrogens is 2. The third-order valence-corrected chi connectivity index (χ3v) is 2.19.